The highest BCUT2D eigenvalue weighted by molar-refractivity contribution is 5.65. The molecule has 0 saturated carbocycles. The van der Waals surface area contributed by atoms with Crippen LogP contribution in [0.25, 0.3) is 0 Å². The van der Waals surface area contributed by atoms with Crippen molar-refractivity contribution in [3.63, 3.8) is 0 Å². The first kappa shape index (κ1) is 24.8. The maximum Gasteiger partial charge on any atom is 0.299 e. The van der Waals surface area contributed by atoms with Crippen LogP contribution in [0.2, 0.25) is 0 Å². The van der Waals surface area contributed by atoms with E-state index < -0.39 is 9.85 Å². The van der Waals surface area contributed by atoms with E-state index >= 15 is 0 Å². The Morgan fingerprint density at radius 1 is 0.781 bits per heavy atom. The van der Waals surface area contributed by atoms with Gasteiger partial charge in [-0.2, -0.15) is 0 Å². The highest BCUT2D eigenvalue weighted by atomic mass is 16.6. The summed E-state index contributed by atoms with van der Waals surface area (Å²) in [6, 6.07) is 10.5. The normalized spacial score (nSPS) is 10.6. The van der Waals surface area contributed by atoms with Crippen LogP contribution >= 0.6 is 0 Å². The number of nitro benzene ring substituents is 2. The van der Waals surface area contributed by atoms with Crippen LogP contribution in [0, 0.1) is 20.2 Å². The SMILES string of the molecule is Nc1ccc(OCCOCCOCCOCCNc2ccc([N+](=O)[O-])cc2[N+](=O)[O-])cc1. The Hall–Kier alpha value is -3.48. The molecule has 0 heterocycles. The fourth-order valence-electron chi connectivity index (χ4n) is 2.52. The molecule has 0 amide bonds. The zero-order chi connectivity index (χ0) is 23.2. The van der Waals surface area contributed by atoms with Crippen molar-refractivity contribution in [2.24, 2.45) is 0 Å². The third-order valence-electron chi connectivity index (χ3n) is 4.07. The summed E-state index contributed by atoms with van der Waals surface area (Å²) >= 11 is 0. The van der Waals surface area contributed by atoms with Crippen LogP contribution in [0.1, 0.15) is 0 Å². The van der Waals surface area contributed by atoms with Crippen molar-refractivity contribution in [2.45, 2.75) is 0 Å². The van der Waals surface area contributed by atoms with Crippen LogP contribution in [0.4, 0.5) is 22.7 Å². The minimum atomic E-state index is -0.680. The summed E-state index contributed by atoms with van der Waals surface area (Å²) in [6.07, 6.45) is 0. The minimum absolute atomic E-state index is 0.193. The van der Waals surface area contributed by atoms with Crippen LogP contribution in [0.15, 0.2) is 42.5 Å². The molecule has 174 valence electrons. The average Bonchev–Trinajstić information content (AvgIpc) is 2.78. The quantitative estimate of drug-likeness (QED) is 0.168. The lowest BCUT2D eigenvalue weighted by molar-refractivity contribution is -0.393. The molecule has 0 aliphatic rings. The molecule has 12 heteroatoms. The van der Waals surface area contributed by atoms with Gasteiger partial charge in [0.2, 0.25) is 0 Å². The monoisotopic (exact) mass is 450 g/mol. The van der Waals surface area contributed by atoms with Gasteiger partial charge >= 0.3 is 0 Å². The second kappa shape index (κ2) is 13.7. The summed E-state index contributed by atoms with van der Waals surface area (Å²) in [5, 5.41) is 24.6. The second-order valence-corrected chi connectivity index (χ2v) is 6.40. The molecule has 0 aromatic heterocycles. The summed E-state index contributed by atoms with van der Waals surface area (Å²) in [6.45, 7) is 3.02. The van der Waals surface area contributed by atoms with E-state index in [1.807, 2.05) is 0 Å². The molecular formula is C20H26N4O8. The third-order valence-corrected chi connectivity index (χ3v) is 4.07. The smallest absolute Gasteiger partial charge is 0.299 e. The number of anilines is 2. The number of nitrogens with two attached hydrogens (primary N) is 1. The molecule has 12 nitrogen and oxygen atoms in total. The van der Waals surface area contributed by atoms with Crippen molar-refractivity contribution in [1.82, 2.24) is 0 Å². The zero-order valence-electron chi connectivity index (χ0n) is 17.4. The van der Waals surface area contributed by atoms with E-state index in [1.165, 1.54) is 12.1 Å². The number of nitrogens with zero attached hydrogens (tertiary/aromatic N) is 2. The summed E-state index contributed by atoms with van der Waals surface area (Å²) in [5.74, 6) is 0.730. The van der Waals surface area contributed by atoms with E-state index in [9.17, 15) is 20.2 Å². The van der Waals surface area contributed by atoms with Gasteiger partial charge in [0.1, 0.15) is 18.0 Å². The Bertz CT molecular complexity index is 863. The number of hydrogen-bond donors (Lipinski definition) is 2. The van der Waals surface area contributed by atoms with Gasteiger partial charge in [-0.05, 0) is 30.3 Å². The van der Waals surface area contributed by atoms with Gasteiger partial charge in [0.05, 0.1) is 55.6 Å². The third kappa shape index (κ3) is 9.12. The highest BCUT2D eigenvalue weighted by Gasteiger charge is 2.18. The number of nitrogens with one attached hydrogen (secondary N) is 1. The Morgan fingerprint density at radius 2 is 1.38 bits per heavy atom. The van der Waals surface area contributed by atoms with Crippen molar-refractivity contribution in [2.75, 3.05) is 63.8 Å². The average molecular weight is 450 g/mol. The first-order valence-corrected chi connectivity index (χ1v) is 9.85. The standard InChI is InChI=1S/C20H26N4O8/c21-16-1-4-18(5-2-16)32-14-13-31-12-11-30-10-9-29-8-7-22-19-6-3-17(23(25)26)15-20(19)24(27)28/h1-6,15,22H,7-14,21H2. The number of benzene rings is 2. The molecule has 0 bridgehead atoms. The molecule has 0 aliphatic heterocycles. The van der Waals surface area contributed by atoms with Crippen molar-refractivity contribution < 1.29 is 28.8 Å². The molecule has 2 aromatic rings. The van der Waals surface area contributed by atoms with Crippen molar-refractivity contribution in [3.05, 3.63) is 62.7 Å². The molecule has 0 radical (unpaired) electrons. The zero-order valence-corrected chi connectivity index (χ0v) is 17.4. The van der Waals surface area contributed by atoms with Crippen molar-refractivity contribution in [1.29, 1.82) is 0 Å². The Balaban J connectivity index is 1.46. The second-order valence-electron chi connectivity index (χ2n) is 6.40. The molecule has 0 spiro atoms. The number of nitrogen functional groups attached to an aromatic ring is 1. The van der Waals surface area contributed by atoms with Gasteiger partial charge in [-0.1, -0.05) is 0 Å². The maximum absolute atomic E-state index is 11.1. The molecule has 2 aromatic carbocycles. The molecule has 0 fully saturated rings. The van der Waals surface area contributed by atoms with Gasteiger partial charge in [-0.15, -0.1) is 0 Å². The topological polar surface area (TPSA) is 161 Å². The van der Waals surface area contributed by atoms with Crippen molar-refractivity contribution in [3.8, 4) is 5.75 Å². The number of ether oxygens (including phenoxy) is 4. The minimum Gasteiger partial charge on any atom is -0.491 e. The molecule has 0 unspecified atom stereocenters. The molecule has 0 aliphatic carbocycles. The highest BCUT2D eigenvalue weighted by Crippen LogP contribution is 2.28. The van der Waals surface area contributed by atoms with E-state index in [0.717, 1.165) is 11.8 Å². The Labute approximate surface area is 184 Å². The number of non-ortho nitro benzene ring substituents is 1. The molecule has 3 N–H and O–H groups in total. The maximum atomic E-state index is 11.1. The van der Waals surface area contributed by atoms with Crippen LogP contribution in [0.5, 0.6) is 5.75 Å². The lowest BCUT2D eigenvalue weighted by Crippen LogP contribution is -2.15. The summed E-state index contributed by atoms with van der Waals surface area (Å²) in [4.78, 5) is 20.5. The number of nitro groups is 2. The fraction of sp³-hybridized carbons (Fsp3) is 0.400. The van der Waals surface area contributed by atoms with Gasteiger partial charge < -0.3 is 30.0 Å². The predicted molar refractivity (Wildman–Crippen MR) is 117 cm³/mol. The van der Waals surface area contributed by atoms with Gasteiger partial charge in [0.25, 0.3) is 11.4 Å². The van der Waals surface area contributed by atoms with E-state index in [-0.39, 0.29) is 23.7 Å². The van der Waals surface area contributed by atoms with E-state index in [4.69, 9.17) is 24.7 Å². The van der Waals surface area contributed by atoms with Gasteiger partial charge in [-0.25, -0.2) is 0 Å². The molecule has 2 rings (SSSR count). The lowest BCUT2D eigenvalue weighted by Gasteiger charge is -2.09. The van der Waals surface area contributed by atoms with Gasteiger partial charge in [0.15, 0.2) is 0 Å². The largest absolute Gasteiger partial charge is 0.491 e. The van der Waals surface area contributed by atoms with Crippen LogP contribution < -0.4 is 15.8 Å². The first-order chi connectivity index (χ1) is 15.5. The van der Waals surface area contributed by atoms with Crippen LogP contribution in [-0.4, -0.2) is 62.6 Å². The Kier molecular flexibility index (Phi) is 10.6. The summed E-state index contributed by atoms with van der Waals surface area (Å²) in [7, 11) is 0. The molecule has 0 saturated heterocycles. The van der Waals surface area contributed by atoms with Crippen molar-refractivity contribution >= 4 is 22.7 Å². The lowest BCUT2D eigenvalue weighted by atomic mass is 10.2. The van der Waals surface area contributed by atoms with Gasteiger partial charge in [0, 0.05) is 18.3 Å². The number of hydrogen-bond acceptors (Lipinski definition) is 10. The summed E-state index contributed by atoms with van der Waals surface area (Å²) < 4.78 is 21.7. The number of rotatable bonds is 16. The van der Waals surface area contributed by atoms with Gasteiger partial charge in [-0.3, -0.25) is 20.2 Å². The van der Waals surface area contributed by atoms with E-state index in [2.05, 4.69) is 5.32 Å². The molecule has 32 heavy (non-hydrogen) atoms. The van der Waals surface area contributed by atoms with E-state index in [0.29, 0.717) is 51.9 Å². The van der Waals surface area contributed by atoms with Crippen LogP contribution in [0.3, 0.4) is 0 Å². The predicted octanol–water partition coefficient (Wildman–Crippen LogP) is 2.63. The molecule has 0 atom stereocenters. The Morgan fingerprint density at radius 3 is 1.97 bits per heavy atom. The van der Waals surface area contributed by atoms with Crippen LogP contribution in [-0.2, 0) is 14.2 Å². The first-order valence-electron chi connectivity index (χ1n) is 9.85. The summed E-state index contributed by atoms with van der Waals surface area (Å²) in [5.41, 5.74) is 5.77. The molecular weight excluding hydrogens is 424 g/mol. The fourth-order valence-corrected chi connectivity index (χ4v) is 2.52. The van der Waals surface area contributed by atoms with E-state index in [1.54, 1.807) is 24.3 Å².